The van der Waals surface area contributed by atoms with Crippen LogP contribution in [-0.2, 0) is 11.4 Å². The van der Waals surface area contributed by atoms with E-state index in [1.165, 1.54) is 12.1 Å². The third kappa shape index (κ3) is 3.00. The van der Waals surface area contributed by atoms with E-state index in [1.807, 2.05) is 0 Å². The monoisotopic (exact) mass is 260 g/mol. The first-order chi connectivity index (χ1) is 6.00. The van der Waals surface area contributed by atoms with Crippen LogP contribution in [0, 0.1) is 0 Å². The van der Waals surface area contributed by atoms with Gasteiger partial charge in [-0.15, -0.1) is 0 Å². The highest BCUT2D eigenvalue weighted by molar-refractivity contribution is 7.74. The van der Waals surface area contributed by atoms with E-state index in [0.29, 0.717) is 0 Å². The topological polar surface area (TPSA) is 46.5 Å². The Morgan fingerprint density at radius 3 is 2.46 bits per heavy atom. The third-order valence-electron chi connectivity index (χ3n) is 1.12. The summed E-state index contributed by atoms with van der Waals surface area (Å²) in [5.74, 6) is -0.0278. The molecule has 0 fully saturated rings. The molecule has 7 heteroatoms. The van der Waals surface area contributed by atoms with Crippen molar-refractivity contribution >= 4 is 46.2 Å². The first-order valence-corrected chi connectivity index (χ1v) is 5.11. The van der Waals surface area contributed by atoms with Crippen LogP contribution in [0.5, 0.6) is 5.75 Å². The van der Waals surface area contributed by atoms with E-state index in [4.69, 9.17) is 39.4 Å². The van der Waals surface area contributed by atoms with Crippen molar-refractivity contribution in [2.75, 3.05) is 0 Å². The normalized spacial score (nSPS) is 12.6. The molecule has 1 aromatic carbocycles. The molecule has 1 rings (SSSR count). The Labute approximate surface area is 92.0 Å². The van der Waals surface area contributed by atoms with E-state index in [0.717, 1.165) is 0 Å². The quantitative estimate of drug-likeness (QED) is 0.657. The van der Waals surface area contributed by atoms with Crippen molar-refractivity contribution in [3.8, 4) is 5.75 Å². The summed E-state index contributed by atoms with van der Waals surface area (Å²) in [5.41, 5.74) is 0. The molecule has 0 saturated heterocycles. The minimum Gasteiger partial charge on any atom is -0.378 e. The highest BCUT2D eigenvalue weighted by Gasteiger charge is 2.10. The first kappa shape index (κ1) is 11.1. The average molecular weight is 262 g/mol. The van der Waals surface area contributed by atoms with Gasteiger partial charge in [0.2, 0.25) is 0 Å². The molecule has 0 aliphatic carbocycles. The predicted molar refractivity (Wildman–Crippen MR) is 52.9 cm³/mol. The molecule has 0 aliphatic heterocycles. The molecule has 13 heavy (non-hydrogen) atoms. The lowest BCUT2D eigenvalue weighted by molar-refractivity contribution is 0.458. The largest absolute Gasteiger partial charge is 0.378 e. The Balaban J connectivity index is 3.12. The van der Waals surface area contributed by atoms with Crippen molar-refractivity contribution in [1.29, 1.82) is 0 Å². The molecule has 1 N–H and O–H groups in total. The number of benzene rings is 1. The van der Waals surface area contributed by atoms with E-state index >= 15 is 0 Å². The van der Waals surface area contributed by atoms with Crippen LogP contribution >= 0.6 is 34.8 Å². The van der Waals surface area contributed by atoms with Crippen LogP contribution in [0.4, 0.5) is 0 Å². The molecule has 0 heterocycles. The van der Waals surface area contributed by atoms with Crippen molar-refractivity contribution in [2.45, 2.75) is 0 Å². The molecular weight excluding hydrogens is 258 g/mol. The molecule has 0 saturated carbocycles. The zero-order valence-electron chi connectivity index (χ0n) is 5.96. The maximum absolute atomic E-state index is 10.3. The van der Waals surface area contributed by atoms with Crippen LogP contribution in [0.2, 0.25) is 15.1 Å². The SMILES string of the molecule is O=S(O)Oc1cc(Cl)cc(Cl)c1Cl. The third-order valence-corrected chi connectivity index (χ3v) is 2.45. The minimum atomic E-state index is -2.45. The predicted octanol–water partition coefficient (Wildman–Crippen LogP) is 3.16. The van der Waals surface area contributed by atoms with Crippen molar-refractivity contribution in [3.05, 3.63) is 27.2 Å². The molecule has 1 aromatic rings. The standard InChI is InChI=1S/C6H3Cl3O3S/c7-3-1-4(8)6(9)5(2-3)12-13(10)11/h1-2H,(H,10,11). The van der Waals surface area contributed by atoms with Gasteiger partial charge in [0.15, 0.2) is 5.75 Å². The summed E-state index contributed by atoms with van der Waals surface area (Å²) in [7, 11) is 0. The molecule has 0 radical (unpaired) electrons. The second-order valence-electron chi connectivity index (χ2n) is 2.00. The zero-order valence-corrected chi connectivity index (χ0v) is 9.04. The second-order valence-corrected chi connectivity index (χ2v) is 3.82. The molecule has 1 atom stereocenters. The van der Waals surface area contributed by atoms with Crippen LogP contribution in [0.3, 0.4) is 0 Å². The Morgan fingerprint density at radius 1 is 1.31 bits per heavy atom. The van der Waals surface area contributed by atoms with Crippen molar-refractivity contribution in [1.82, 2.24) is 0 Å². The van der Waals surface area contributed by atoms with Gasteiger partial charge in [0.05, 0.1) is 5.02 Å². The van der Waals surface area contributed by atoms with Crippen LogP contribution < -0.4 is 4.18 Å². The van der Waals surface area contributed by atoms with Gasteiger partial charge >= 0.3 is 11.4 Å². The fraction of sp³-hybridized carbons (Fsp3) is 0. The van der Waals surface area contributed by atoms with Crippen LogP contribution in [0.25, 0.3) is 0 Å². The van der Waals surface area contributed by atoms with Crippen molar-refractivity contribution in [3.63, 3.8) is 0 Å². The van der Waals surface area contributed by atoms with Gasteiger partial charge in [-0.2, -0.15) is 4.21 Å². The number of hydrogen-bond acceptors (Lipinski definition) is 2. The lowest BCUT2D eigenvalue weighted by Crippen LogP contribution is -1.98. The van der Waals surface area contributed by atoms with E-state index in [1.54, 1.807) is 0 Å². The van der Waals surface area contributed by atoms with Crippen LogP contribution in [-0.4, -0.2) is 8.76 Å². The van der Waals surface area contributed by atoms with Gasteiger partial charge in [-0.3, -0.25) is 4.55 Å². The molecule has 0 aromatic heterocycles. The fourth-order valence-electron chi connectivity index (χ4n) is 0.670. The van der Waals surface area contributed by atoms with Gasteiger partial charge in [-0.25, -0.2) is 0 Å². The number of halogens is 3. The maximum Gasteiger partial charge on any atom is 0.357 e. The van der Waals surface area contributed by atoms with E-state index in [2.05, 4.69) is 4.18 Å². The molecule has 0 spiro atoms. The zero-order chi connectivity index (χ0) is 10.0. The molecule has 0 bridgehead atoms. The van der Waals surface area contributed by atoms with Gasteiger partial charge in [-0.05, 0) is 6.07 Å². The van der Waals surface area contributed by atoms with Gasteiger partial charge in [-0.1, -0.05) is 34.8 Å². The first-order valence-electron chi connectivity index (χ1n) is 2.94. The van der Waals surface area contributed by atoms with Gasteiger partial charge < -0.3 is 4.18 Å². The minimum absolute atomic E-state index is 0.0278. The summed E-state index contributed by atoms with van der Waals surface area (Å²) in [6.45, 7) is 0. The number of rotatable bonds is 2. The van der Waals surface area contributed by atoms with Crippen LogP contribution in [0.15, 0.2) is 12.1 Å². The lowest BCUT2D eigenvalue weighted by atomic mass is 10.3. The Bertz CT molecular complexity index is 355. The van der Waals surface area contributed by atoms with E-state index in [9.17, 15) is 4.21 Å². The Morgan fingerprint density at radius 2 is 1.92 bits per heavy atom. The van der Waals surface area contributed by atoms with Crippen molar-refractivity contribution in [2.24, 2.45) is 0 Å². The van der Waals surface area contributed by atoms with Crippen LogP contribution in [0.1, 0.15) is 0 Å². The molecule has 1 unspecified atom stereocenters. The van der Waals surface area contributed by atoms with Gasteiger partial charge in [0.1, 0.15) is 5.02 Å². The summed E-state index contributed by atoms with van der Waals surface area (Å²) >= 11 is 14.4. The Kier molecular flexibility index (Phi) is 3.82. The highest BCUT2D eigenvalue weighted by atomic mass is 35.5. The Hall–Kier alpha value is -0.000000000000000167. The second kappa shape index (κ2) is 4.48. The molecule has 0 amide bonds. The average Bonchev–Trinajstić information content (AvgIpc) is 1.98. The molecular formula is C6H3Cl3O3S. The summed E-state index contributed by atoms with van der Waals surface area (Å²) in [4.78, 5) is 0. The summed E-state index contributed by atoms with van der Waals surface area (Å²) in [6.07, 6.45) is 0. The fourth-order valence-corrected chi connectivity index (χ4v) is 1.62. The van der Waals surface area contributed by atoms with E-state index < -0.39 is 11.4 Å². The molecule has 3 nitrogen and oxygen atoms in total. The smallest absolute Gasteiger partial charge is 0.357 e. The van der Waals surface area contributed by atoms with E-state index in [-0.39, 0.29) is 20.8 Å². The summed E-state index contributed by atoms with van der Waals surface area (Å²) in [6, 6.07) is 2.70. The molecule has 72 valence electrons. The molecule has 0 aliphatic rings. The van der Waals surface area contributed by atoms with Gasteiger partial charge in [0.25, 0.3) is 0 Å². The van der Waals surface area contributed by atoms with Gasteiger partial charge in [0, 0.05) is 11.1 Å². The number of hydrogen-bond donors (Lipinski definition) is 1. The summed E-state index contributed by atoms with van der Waals surface area (Å²) < 4.78 is 23.1. The summed E-state index contributed by atoms with van der Waals surface area (Å²) in [5, 5.41) is 0.484. The van der Waals surface area contributed by atoms with Crippen molar-refractivity contribution < 1.29 is 12.9 Å². The lowest BCUT2D eigenvalue weighted by Gasteiger charge is -2.04. The highest BCUT2D eigenvalue weighted by Crippen LogP contribution is 2.35. The maximum atomic E-state index is 10.3.